The third-order valence-electron chi connectivity index (χ3n) is 3.77. The molecule has 88 valence electrons. The van der Waals surface area contributed by atoms with Gasteiger partial charge in [-0.05, 0) is 63.1 Å². The minimum atomic E-state index is 0.681. The lowest BCUT2D eigenvalue weighted by atomic mass is 9.99. The SMILES string of the molecule is Cc1cc(C)c(CNC(C)C2CC2)c(C)c1. The second-order valence-electron chi connectivity index (χ2n) is 5.38. The molecule has 1 saturated carbocycles. The average Bonchev–Trinajstić information content (AvgIpc) is 2.98. The zero-order valence-electron chi connectivity index (χ0n) is 10.9. The standard InChI is InChI=1S/C15H23N/c1-10-7-11(2)15(12(3)8-10)9-16-13(4)14-5-6-14/h7-8,13-14,16H,5-6,9H2,1-4H3. The molecule has 2 rings (SSSR count). The molecule has 1 heteroatoms. The number of benzene rings is 1. The Labute approximate surface area is 99.3 Å². The van der Waals surface area contributed by atoms with Crippen molar-refractivity contribution in [3.05, 3.63) is 34.4 Å². The van der Waals surface area contributed by atoms with Crippen LogP contribution >= 0.6 is 0 Å². The first-order chi connectivity index (χ1) is 7.58. The third-order valence-corrected chi connectivity index (χ3v) is 3.77. The van der Waals surface area contributed by atoms with E-state index in [1.165, 1.54) is 35.1 Å². The fourth-order valence-corrected chi connectivity index (χ4v) is 2.51. The Balaban J connectivity index is 2.02. The summed E-state index contributed by atoms with van der Waals surface area (Å²) < 4.78 is 0. The normalized spacial score (nSPS) is 17.5. The summed E-state index contributed by atoms with van der Waals surface area (Å²) >= 11 is 0. The molecule has 1 nitrogen and oxygen atoms in total. The Morgan fingerprint density at radius 2 is 1.75 bits per heavy atom. The van der Waals surface area contributed by atoms with Crippen molar-refractivity contribution in [2.24, 2.45) is 5.92 Å². The van der Waals surface area contributed by atoms with Gasteiger partial charge in [-0.15, -0.1) is 0 Å². The van der Waals surface area contributed by atoms with Gasteiger partial charge >= 0.3 is 0 Å². The number of nitrogens with one attached hydrogen (secondary N) is 1. The highest BCUT2D eigenvalue weighted by atomic mass is 14.9. The van der Waals surface area contributed by atoms with Crippen molar-refractivity contribution in [2.45, 2.75) is 53.1 Å². The van der Waals surface area contributed by atoms with Crippen LogP contribution in [0, 0.1) is 26.7 Å². The summed E-state index contributed by atoms with van der Waals surface area (Å²) in [4.78, 5) is 0. The van der Waals surface area contributed by atoms with Crippen LogP contribution in [0.25, 0.3) is 0 Å². The lowest BCUT2D eigenvalue weighted by Gasteiger charge is -2.16. The van der Waals surface area contributed by atoms with E-state index in [0.29, 0.717) is 6.04 Å². The average molecular weight is 217 g/mol. The van der Waals surface area contributed by atoms with Gasteiger partial charge in [-0.25, -0.2) is 0 Å². The Morgan fingerprint density at radius 3 is 2.25 bits per heavy atom. The number of rotatable bonds is 4. The van der Waals surface area contributed by atoms with Crippen molar-refractivity contribution in [3.8, 4) is 0 Å². The monoisotopic (exact) mass is 217 g/mol. The maximum atomic E-state index is 3.66. The summed E-state index contributed by atoms with van der Waals surface area (Å²) in [6, 6.07) is 5.25. The minimum Gasteiger partial charge on any atom is -0.310 e. The van der Waals surface area contributed by atoms with Crippen LogP contribution in [-0.2, 0) is 6.54 Å². The molecule has 1 aliphatic rings. The van der Waals surface area contributed by atoms with Crippen LogP contribution in [0.5, 0.6) is 0 Å². The van der Waals surface area contributed by atoms with Crippen molar-refractivity contribution in [1.82, 2.24) is 5.32 Å². The van der Waals surface area contributed by atoms with Gasteiger partial charge in [-0.1, -0.05) is 17.7 Å². The molecule has 1 N–H and O–H groups in total. The van der Waals surface area contributed by atoms with Crippen LogP contribution in [0.3, 0.4) is 0 Å². The number of aryl methyl sites for hydroxylation is 3. The molecule has 1 aromatic carbocycles. The summed E-state index contributed by atoms with van der Waals surface area (Å²) in [5.41, 5.74) is 5.70. The van der Waals surface area contributed by atoms with Crippen molar-refractivity contribution >= 4 is 0 Å². The van der Waals surface area contributed by atoms with Crippen molar-refractivity contribution in [2.75, 3.05) is 0 Å². The Kier molecular flexibility index (Phi) is 3.34. The minimum absolute atomic E-state index is 0.681. The highest BCUT2D eigenvalue weighted by Crippen LogP contribution is 2.32. The van der Waals surface area contributed by atoms with E-state index in [-0.39, 0.29) is 0 Å². The maximum absolute atomic E-state index is 3.66. The van der Waals surface area contributed by atoms with Crippen molar-refractivity contribution < 1.29 is 0 Å². The van der Waals surface area contributed by atoms with E-state index < -0.39 is 0 Å². The molecule has 0 saturated heterocycles. The summed E-state index contributed by atoms with van der Waals surface area (Å²) in [5, 5.41) is 3.66. The van der Waals surface area contributed by atoms with Gasteiger partial charge in [0.15, 0.2) is 0 Å². The van der Waals surface area contributed by atoms with Gasteiger partial charge in [0.1, 0.15) is 0 Å². The quantitative estimate of drug-likeness (QED) is 0.814. The maximum Gasteiger partial charge on any atom is 0.0213 e. The smallest absolute Gasteiger partial charge is 0.0213 e. The highest BCUT2D eigenvalue weighted by molar-refractivity contribution is 5.37. The fraction of sp³-hybridized carbons (Fsp3) is 0.600. The van der Waals surface area contributed by atoms with Gasteiger partial charge in [0, 0.05) is 12.6 Å². The van der Waals surface area contributed by atoms with Crippen molar-refractivity contribution in [1.29, 1.82) is 0 Å². The van der Waals surface area contributed by atoms with E-state index in [1.807, 2.05) is 0 Å². The summed E-state index contributed by atoms with van der Waals surface area (Å²) in [5.74, 6) is 0.936. The molecule has 1 fully saturated rings. The molecular formula is C15H23N. The predicted molar refractivity (Wildman–Crippen MR) is 69.7 cm³/mol. The molecule has 0 bridgehead atoms. The molecular weight excluding hydrogens is 194 g/mol. The number of hydrogen-bond donors (Lipinski definition) is 1. The molecule has 0 heterocycles. The van der Waals surface area contributed by atoms with Gasteiger partial charge in [0.05, 0.1) is 0 Å². The van der Waals surface area contributed by atoms with Crippen molar-refractivity contribution in [3.63, 3.8) is 0 Å². The van der Waals surface area contributed by atoms with Crippen LogP contribution in [0.2, 0.25) is 0 Å². The van der Waals surface area contributed by atoms with Gasteiger partial charge < -0.3 is 5.32 Å². The van der Waals surface area contributed by atoms with Gasteiger partial charge in [-0.2, -0.15) is 0 Å². The van der Waals surface area contributed by atoms with Gasteiger partial charge in [0.2, 0.25) is 0 Å². The Morgan fingerprint density at radius 1 is 1.19 bits per heavy atom. The van der Waals surface area contributed by atoms with E-state index >= 15 is 0 Å². The third kappa shape index (κ3) is 2.65. The van der Waals surface area contributed by atoms with E-state index in [0.717, 1.165) is 12.5 Å². The highest BCUT2D eigenvalue weighted by Gasteiger charge is 2.27. The van der Waals surface area contributed by atoms with E-state index in [9.17, 15) is 0 Å². The fourth-order valence-electron chi connectivity index (χ4n) is 2.51. The molecule has 16 heavy (non-hydrogen) atoms. The number of hydrogen-bond acceptors (Lipinski definition) is 1. The van der Waals surface area contributed by atoms with E-state index in [2.05, 4.69) is 45.1 Å². The topological polar surface area (TPSA) is 12.0 Å². The Hall–Kier alpha value is -0.820. The first kappa shape index (κ1) is 11.7. The second-order valence-corrected chi connectivity index (χ2v) is 5.38. The lowest BCUT2D eigenvalue weighted by Crippen LogP contribution is -2.27. The molecule has 1 unspecified atom stereocenters. The molecule has 0 aromatic heterocycles. The summed E-state index contributed by atoms with van der Waals surface area (Å²) in [7, 11) is 0. The van der Waals surface area contributed by atoms with Crippen LogP contribution in [-0.4, -0.2) is 6.04 Å². The molecule has 1 atom stereocenters. The first-order valence-corrected chi connectivity index (χ1v) is 6.38. The van der Waals surface area contributed by atoms with E-state index in [4.69, 9.17) is 0 Å². The summed E-state index contributed by atoms with van der Waals surface area (Å²) in [6.45, 7) is 9.95. The van der Waals surface area contributed by atoms with Crippen LogP contribution in [0.1, 0.15) is 42.0 Å². The molecule has 0 amide bonds. The Bertz CT molecular complexity index is 354. The predicted octanol–water partition coefficient (Wildman–Crippen LogP) is 3.50. The molecule has 1 aliphatic carbocycles. The zero-order chi connectivity index (χ0) is 11.7. The van der Waals surface area contributed by atoms with E-state index in [1.54, 1.807) is 0 Å². The van der Waals surface area contributed by atoms with Gasteiger partial charge in [0.25, 0.3) is 0 Å². The molecule has 1 aromatic rings. The molecule has 0 spiro atoms. The lowest BCUT2D eigenvalue weighted by molar-refractivity contribution is 0.495. The van der Waals surface area contributed by atoms with Gasteiger partial charge in [-0.3, -0.25) is 0 Å². The largest absolute Gasteiger partial charge is 0.310 e. The zero-order valence-corrected chi connectivity index (χ0v) is 10.9. The second kappa shape index (κ2) is 4.58. The molecule has 0 aliphatic heterocycles. The van der Waals surface area contributed by atoms with Crippen LogP contribution in [0.15, 0.2) is 12.1 Å². The summed E-state index contributed by atoms with van der Waals surface area (Å²) in [6.07, 6.45) is 2.83. The molecule has 0 radical (unpaired) electrons. The van der Waals surface area contributed by atoms with Crippen LogP contribution < -0.4 is 5.32 Å². The van der Waals surface area contributed by atoms with Crippen LogP contribution in [0.4, 0.5) is 0 Å². The first-order valence-electron chi connectivity index (χ1n) is 6.38.